The van der Waals surface area contributed by atoms with Crippen LogP contribution < -0.4 is 10.2 Å². The van der Waals surface area contributed by atoms with E-state index in [0.717, 1.165) is 23.8 Å². The van der Waals surface area contributed by atoms with Gasteiger partial charge in [-0.05, 0) is 36.8 Å². The molecule has 2 amide bonds. The smallest absolute Gasteiger partial charge is 0.340 e. The Bertz CT molecular complexity index is 980. The molecule has 8 heteroatoms. The highest BCUT2D eigenvalue weighted by Gasteiger charge is 2.57. The maximum atomic E-state index is 13.8. The molecule has 1 N–H and O–H groups in total. The number of fused-ring (bicyclic) bond motifs is 3. The van der Waals surface area contributed by atoms with Crippen molar-refractivity contribution in [3.05, 3.63) is 53.8 Å². The van der Waals surface area contributed by atoms with Crippen molar-refractivity contribution in [2.45, 2.75) is 22.6 Å². The number of nitrogens with zero attached hydrogens (tertiary/aromatic N) is 1. The minimum atomic E-state index is -1.08. The molecule has 6 nitrogen and oxygen atoms in total. The zero-order valence-electron chi connectivity index (χ0n) is 14.3. The van der Waals surface area contributed by atoms with Crippen LogP contribution in [-0.2, 0) is 14.3 Å². The van der Waals surface area contributed by atoms with Crippen molar-refractivity contribution in [2.24, 2.45) is 0 Å². The zero-order chi connectivity index (χ0) is 19.2. The second kappa shape index (κ2) is 6.38. The summed E-state index contributed by atoms with van der Waals surface area (Å²) < 4.78 is 18.4. The number of methoxy groups -OCH3 is 1. The summed E-state index contributed by atoms with van der Waals surface area (Å²) in [5, 5.41) is 2.72. The first-order chi connectivity index (χ1) is 13.0. The van der Waals surface area contributed by atoms with Crippen molar-refractivity contribution < 1.29 is 23.5 Å². The van der Waals surface area contributed by atoms with Gasteiger partial charge < -0.3 is 10.1 Å². The van der Waals surface area contributed by atoms with Crippen LogP contribution in [-0.4, -0.2) is 29.8 Å². The normalized spacial score (nSPS) is 20.2. The Kier molecular flexibility index (Phi) is 4.15. The summed E-state index contributed by atoms with van der Waals surface area (Å²) in [6, 6.07) is 11.0. The number of hydrogen-bond donors (Lipinski definition) is 1. The van der Waals surface area contributed by atoms with Gasteiger partial charge in [-0.2, -0.15) is 0 Å². The number of halogens is 1. The maximum Gasteiger partial charge on any atom is 0.340 e. The molecule has 2 heterocycles. The van der Waals surface area contributed by atoms with Crippen molar-refractivity contribution >= 4 is 40.9 Å². The van der Waals surface area contributed by atoms with E-state index in [2.05, 4.69) is 10.1 Å². The average Bonchev–Trinajstić information content (AvgIpc) is 3.18. The van der Waals surface area contributed by atoms with Crippen LogP contribution in [0.25, 0.3) is 0 Å². The Morgan fingerprint density at radius 1 is 1.26 bits per heavy atom. The fraction of sp³-hybridized carbons (Fsp3) is 0.211. The fourth-order valence-electron chi connectivity index (χ4n) is 3.40. The van der Waals surface area contributed by atoms with Gasteiger partial charge in [-0.1, -0.05) is 23.9 Å². The highest BCUT2D eigenvalue weighted by Crippen LogP contribution is 2.56. The molecule has 0 radical (unpaired) electrons. The van der Waals surface area contributed by atoms with Crippen molar-refractivity contribution in [1.29, 1.82) is 0 Å². The lowest BCUT2D eigenvalue weighted by Gasteiger charge is -2.29. The van der Waals surface area contributed by atoms with E-state index in [9.17, 15) is 18.8 Å². The molecule has 4 rings (SSSR count). The monoisotopic (exact) mass is 386 g/mol. The number of hydrogen-bond acceptors (Lipinski definition) is 5. The van der Waals surface area contributed by atoms with E-state index in [1.54, 1.807) is 0 Å². The molecule has 0 aliphatic carbocycles. The van der Waals surface area contributed by atoms with Gasteiger partial charge in [-0.15, -0.1) is 0 Å². The molecular weight excluding hydrogens is 371 g/mol. The molecule has 1 saturated heterocycles. The Hall–Kier alpha value is -2.87. The Labute approximate surface area is 158 Å². The lowest BCUT2D eigenvalue weighted by molar-refractivity contribution is -0.121. The molecule has 1 fully saturated rings. The van der Waals surface area contributed by atoms with Gasteiger partial charge in [-0.3, -0.25) is 14.5 Å². The highest BCUT2D eigenvalue weighted by atomic mass is 32.2. The van der Waals surface area contributed by atoms with Gasteiger partial charge in [-0.25, -0.2) is 9.18 Å². The number of thioether (sulfide) groups is 1. The standard InChI is InChI=1S/C19H15FN2O4S/c1-26-17(24)12-10-11(6-7-13(12)20)21-18(25)19-9-8-16(23)22(19)14-4-2-3-5-15(14)27-19/h2-7,10H,8-9H2,1H3,(H,21,25)/t19-/m0/s1. The average molecular weight is 386 g/mol. The SMILES string of the molecule is COC(=O)c1cc(NC(=O)[C@@]23CCC(=O)N2c2ccccc2S3)ccc1F. The van der Waals surface area contributed by atoms with E-state index in [1.807, 2.05) is 24.3 Å². The van der Waals surface area contributed by atoms with Crippen molar-refractivity contribution in [2.75, 3.05) is 17.3 Å². The van der Waals surface area contributed by atoms with E-state index in [-0.39, 0.29) is 23.6 Å². The van der Waals surface area contributed by atoms with Crippen molar-refractivity contribution in [1.82, 2.24) is 0 Å². The van der Waals surface area contributed by atoms with Gasteiger partial charge in [0.1, 0.15) is 5.82 Å². The molecule has 0 unspecified atom stereocenters. The summed E-state index contributed by atoms with van der Waals surface area (Å²) in [6.07, 6.45) is 0.633. The number of ether oxygens (including phenoxy) is 1. The number of amides is 2. The number of para-hydroxylation sites is 1. The second-order valence-corrected chi connectivity index (χ2v) is 7.54. The van der Waals surface area contributed by atoms with Gasteiger partial charge >= 0.3 is 5.97 Å². The molecule has 1 atom stereocenters. The van der Waals surface area contributed by atoms with Crippen molar-refractivity contribution in [3.63, 3.8) is 0 Å². The van der Waals surface area contributed by atoms with Gasteiger partial charge in [0.15, 0.2) is 4.87 Å². The number of esters is 1. The van der Waals surface area contributed by atoms with Crippen LogP contribution in [0.3, 0.4) is 0 Å². The summed E-state index contributed by atoms with van der Waals surface area (Å²) in [7, 11) is 1.15. The molecule has 2 aromatic rings. The predicted octanol–water partition coefficient (Wildman–Crippen LogP) is 3.18. The van der Waals surface area contributed by atoms with Crippen LogP contribution in [0.2, 0.25) is 0 Å². The van der Waals surface area contributed by atoms with E-state index >= 15 is 0 Å². The second-order valence-electron chi connectivity index (χ2n) is 6.22. The third kappa shape index (κ3) is 2.68. The molecule has 0 spiro atoms. The summed E-state index contributed by atoms with van der Waals surface area (Å²) in [6.45, 7) is 0. The largest absolute Gasteiger partial charge is 0.465 e. The number of nitrogens with one attached hydrogen (secondary N) is 1. The minimum absolute atomic E-state index is 0.114. The lowest BCUT2D eigenvalue weighted by atomic mass is 10.1. The predicted molar refractivity (Wildman–Crippen MR) is 98.1 cm³/mol. The first-order valence-electron chi connectivity index (χ1n) is 8.27. The molecule has 0 aromatic heterocycles. The molecule has 2 aliphatic rings. The van der Waals surface area contributed by atoms with Crippen LogP contribution in [0.15, 0.2) is 47.4 Å². The number of carbonyl (C=O) groups excluding carboxylic acids is 3. The van der Waals surface area contributed by atoms with Gasteiger partial charge in [0.25, 0.3) is 5.91 Å². The maximum absolute atomic E-state index is 13.8. The molecule has 0 bridgehead atoms. The van der Waals surface area contributed by atoms with Crippen LogP contribution in [0.4, 0.5) is 15.8 Å². The van der Waals surface area contributed by atoms with Gasteiger partial charge in [0.05, 0.1) is 18.4 Å². The van der Waals surface area contributed by atoms with E-state index in [4.69, 9.17) is 0 Å². The van der Waals surface area contributed by atoms with E-state index < -0.39 is 22.6 Å². The number of anilines is 2. The molecule has 2 aromatic carbocycles. The zero-order valence-corrected chi connectivity index (χ0v) is 15.1. The summed E-state index contributed by atoms with van der Waals surface area (Å²) in [4.78, 5) is 38.5. The van der Waals surface area contributed by atoms with Crippen LogP contribution in [0.5, 0.6) is 0 Å². The number of benzene rings is 2. The minimum Gasteiger partial charge on any atom is -0.465 e. The number of carbonyl (C=O) groups is 3. The summed E-state index contributed by atoms with van der Waals surface area (Å²) >= 11 is 1.33. The summed E-state index contributed by atoms with van der Waals surface area (Å²) in [5.41, 5.74) is 0.705. The van der Waals surface area contributed by atoms with Crippen LogP contribution in [0.1, 0.15) is 23.2 Å². The highest BCUT2D eigenvalue weighted by molar-refractivity contribution is 8.02. The Morgan fingerprint density at radius 2 is 2.04 bits per heavy atom. The van der Waals surface area contributed by atoms with Crippen LogP contribution >= 0.6 is 11.8 Å². The fourth-order valence-corrected chi connectivity index (χ4v) is 4.81. The topological polar surface area (TPSA) is 75.7 Å². The number of rotatable bonds is 3. The molecule has 27 heavy (non-hydrogen) atoms. The Balaban J connectivity index is 1.66. The first kappa shape index (κ1) is 17.5. The van der Waals surface area contributed by atoms with E-state index in [0.29, 0.717) is 6.42 Å². The van der Waals surface area contributed by atoms with Gasteiger partial charge in [0, 0.05) is 17.0 Å². The Morgan fingerprint density at radius 3 is 2.81 bits per heavy atom. The van der Waals surface area contributed by atoms with Gasteiger partial charge in [0.2, 0.25) is 5.91 Å². The first-order valence-corrected chi connectivity index (χ1v) is 9.08. The lowest BCUT2D eigenvalue weighted by Crippen LogP contribution is -2.49. The van der Waals surface area contributed by atoms with E-state index in [1.165, 1.54) is 28.8 Å². The third-order valence-corrected chi connectivity index (χ3v) is 6.13. The molecule has 0 saturated carbocycles. The molecular formula is C19H15FN2O4S. The quantitative estimate of drug-likeness (QED) is 0.820. The molecule has 138 valence electrons. The van der Waals surface area contributed by atoms with Crippen LogP contribution in [0, 0.1) is 5.82 Å². The molecule has 2 aliphatic heterocycles. The third-order valence-electron chi connectivity index (χ3n) is 4.66. The van der Waals surface area contributed by atoms with Crippen molar-refractivity contribution in [3.8, 4) is 0 Å². The summed E-state index contributed by atoms with van der Waals surface area (Å²) in [5.74, 6) is -2.07.